The van der Waals surface area contributed by atoms with E-state index in [-0.39, 0.29) is 0 Å². The monoisotopic (exact) mass is 313 g/mol. The summed E-state index contributed by atoms with van der Waals surface area (Å²) < 4.78 is 0. The van der Waals surface area contributed by atoms with E-state index in [9.17, 15) is 0 Å². The molecule has 0 fully saturated rings. The second-order valence-electron chi connectivity index (χ2n) is 6.47. The standard InChI is InChI=1S/C22H35N/c1-5-8-9-10-11-12-13-20-14-16-22(17-15-20)23-18-19(4)21(6-2)7-3/h6,14-19H,5,7-13H2,1-4H3/b21-6-,23-18?/t19-/m0/s1. The smallest absolute Gasteiger partial charge is 0.0626 e. The molecule has 0 unspecified atom stereocenters. The number of nitrogens with zero attached hydrogens (tertiary/aromatic N) is 1. The summed E-state index contributed by atoms with van der Waals surface area (Å²) in [5.41, 5.74) is 3.96. The maximum absolute atomic E-state index is 4.63. The predicted molar refractivity (Wildman–Crippen MR) is 105 cm³/mol. The molecule has 0 radical (unpaired) electrons. The lowest BCUT2D eigenvalue weighted by atomic mass is 10.00. The fourth-order valence-electron chi connectivity index (χ4n) is 2.94. The Balaban J connectivity index is 2.38. The molecule has 0 spiro atoms. The molecule has 1 aromatic rings. The average molecular weight is 314 g/mol. The Morgan fingerprint density at radius 3 is 2.26 bits per heavy atom. The van der Waals surface area contributed by atoms with Crippen LogP contribution in [0.15, 0.2) is 40.9 Å². The number of rotatable bonds is 11. The van der Waals surface area contributed by atoms with Gasteiger partial charge in [-0.2, -0.15) is 0 Å². The fraction of sp³-hybridized carbons (Fsp3) is 0.591. The van der Waals surface area contributed by atoms with E-state index in [1.165, 1.54) is 56.1 Å². The van der Waals surface area contributed by atoms with Crippen LogP contribution in [-0.2, 0) is 6.42 Å². The van der Waals surface area contributed by atoms with Crippen LogP contribution < -0.4 is 0 Å². The van der Waals surface area contributed by atoms with E-state index in [2.05, 4.69) is 69.2 Å². The number of hydrogen-bond donors (Lipinski definition) is 0. The molecule has 1 heteroatoms. The van der Waals surface area contributed by atoms with Crippen molar-refractivity contribution < 1.29 is 0 Å². The van der Waals surface area contributed by atoms with Crippen molar-refractivity contribution >= 4 is 11.9 Å². The van der Waals surface area contributed by atoms with E-state index in [1.807, 2.05) is 0 Å². The summed E-state index contributed by atoms with van der Waals surface area (Å²) in [5.74, 6) is 0.424. The maximum atomic E-state index is 4.63. The van der Waals surface area contributed by atoms with E-state index in [1.54, 1.807) is 0 Å². The molecule has 0 N–H and O–H groups in total. The van der Waals surface area contributed by atoms with Gasteiger partial charge in [0.15, 0.2) is 0 Å². The van der Waals surface area contributed by atoms with Gasteiger partial charge >= 0.3 is 0 Å². The first-order valence-electron chi connectivity index (χ1n) is 9.49. The van der Waals surface area contributed by atoms with E-state index in [0.29, 0.717) is 5.92 Å². The SMILES string of the molecule is C/C=C(/CC)[C@@H](C)C=Nc1ccc(CCCCCCCC)cc1. The number of allylic oxidation sites excluding steroid dienone is 2. The topological polar surface area (TPSA) is 12.4 Å². The quantitative estimate of drug-likeness (QED) is 0.231. The summed E-state index contributed by atoms with van der Waals surface area (Å²) in [6.07, 6.45) is 14.7. The summed E-state index contributed by atoms with van der Waals surface area (Å²) in [4.78, 5) is 4.63. The summed E-state index contributed by atoms with van der Waals surface area (Å²) in [7, 11) is 0. The van der Waals surface area contributed by atoms with E-state index in [4.69, 9.17) is 0 Å². The lowest BCUT2D eigenvalue weighted by Crippen LogP contribution is -1.99. The Hall–Kier alpha value is -1.37. The number of benzene rings is 1. The van der Waals surface area contributed by atoms with Crippen molar-refractivity contribution in [3.63, 3.8) is 0 Å². The van der Waals surface area contributed by atoms with Crippen molar-refractivity contribution in [3.8, 4) is 0 Å². The summed E-state index contributed by atoms with van der Waals surface area (Å²) in [6.45, 7) is 8.80. The van der Waals surface area contributed by atoms with Gasteiger partial charge in [0.05, 0.1) is 5.69 Å². The van der Waals surface area contributed by atoms with Crippen LogP contribution in [-0.4, -0.2) is 6.21 Å². The maximum Gasteiger partial charge on any atom is 0.0626 e. The summed E-state index contributed by atoms with van der Waals surface area (Å²) in [6, 6.07) is 8.77. The van der Waals surface area contributed by atoms with Gasteiger partial charge in [0.1, 0.15) is 0 Å². The minimum Gasteiger partial charge on any atom is -0.261 e. The normalized spacial score (nSPS) is 13.7. The van der Waals surface area contributed by atoms with Crippen molar-refractivity contribution in [1.29, 1.82) is 0 Å². The van der Waals surface area contributed by atoms with Crippen molar-refractivity contribution in [2.75, 3.05) is 0 Å². The molecule has 1 atom stereocenters. The Kier molecular flexibility index (Phi) is 10.4. The Labute approximate surface area is 143 Å². The molecule has 128 valence electrons. The Morgan fingerprint density at radius 2 is 1.65 bits per heavy atom. The highest BCUT2D eigenvalue weighted by Crippen LogP contribution is 2.18. The van der Waals surface area contributed by atoms with E-state index < -0.39 is 0 Å². The lowest BCUT2D eigenvalue weighted by molar-refractivity contribution is 0.607. The largest absolute Gasteiger partial charge is 0.261 e. The molecule has 0 saturated carbocycles. The first-order chi connectivity index (χ1) is 11.2. The predicted octanol–water partition coefficient (Wildman–Crippen LogP) is 7.28. The van der Waals surface area contributed by atoms with Gasteiger partial charge in [-0.3, -0.25) is 4.99 Å². The van der Waals surface area contributed by atoms with Gasteiger partial charge in [0.2, 0.25) is 0 Å². The number of hydrogen-bond acceptors (Lipinski definition) is 1. The minimum atomic E-state index is 0.424. The number of aryl methyl sites for hydroxylation is 1. The van der Waals surface area contributed by atoms with Crippen LogP contribution in [0.1, 0.15) is 78.2 Å². The van der Waals surface area contributed by atoms with Crippen molar-refractivity contribution in [2.24, 2.45) is 10.9 Å². The highest BCUT2D eigenvalue weighted by molar-refractivity contribution is 5.68. The molecule has 0 saturated heterocycles. The van der Waals surface area contributed by atoms with Crippen LogP contribution in [0.3, 0.4) is 0 Å². The van der Waals surface area contributed by atoms with Crippen LogP contribution in [0.25, 0.3) is 0 Å². The second-order valence-corrected chi connectivity index (χ2v) is 6.47. The molecule has 23 heavy (non-hydrogen) atoms. The molecule has 0 aliphatic carbocycles. The number of unbranched alkanes of at least 4 members (excludes halogenated alkanes) is 5. The van der Waals surface area contributed by atoms with Crippen LogP contribution in [0.5, 0.6) is 0 Å². The van der Waals surface area contributed by atoms with Gasteiger partial charge in [-0.05, 0) is 43.9 Å². The third-order valence-corrected chi connectivity index (χ3v) is 4.57. The molecule has 0 heterocycles. The van der Waals surface area contributed by atoms with Gasteiger partial charge < -0.3 is 0 Å². The lowest BCUT2D eigenvalue weighted by Gasteiger charge is -2.08. The Morgan fingerprint density at radius 1 is 1.00 bits per heavy atom. The second kappa shape index (κ2) is 12.1. The minimum absolute atomic E-state index is 0.424. The molecule has 0 amide bonds. The van der Waals surface area contributed by atoms with Crippen molar-refractivity contribution in [1.82, 2.24) is 0 Å². The molecule has 0 bridgehead atoms. The molecular weight excluding hydrogens is 278 g/mol. The highest BCUT2D eigenvalue weighted by atomic mass is 14.7. The zero-order valence-corrected chi connectivity index (χ0v) is 15.6. The molecule has 1 rings (SSSR count). The molecule has 1 aromatic carbocycles. The van der Waals surface area contributed by atoms with Crippen LogP contribution in [0, 0.1) is 5.92 Å². The van der Waals surface area contributed by atoms with Crippen LogP contribution in [0.4, 0.5) is 5.69 Å². The van der Waals surface area contributed by atoms with Crippen LogP contribution in [0.2, 0.25) is 0 Å². The third kappa shape index (κ3) is 8.16. The van der Waals surface area contributed by atoms with Gasteiger partial charge in [-0.1, -0.05) is 76.7 Å². The van der Waals surface area contributed by atoms with Gasteiger partial charge in [0.25, 0.3) is 0 Å². The molecule has 1 nitrogen and oxygen atoms in total. The van der Waals surface area contributed by atoms with E-state index >= 15 is 0 Å². The van der Waals surface area contributed by atoms with Gasteiger partial charge in [-0.15, -0.1) is 0 Å². The molecular formula is C22H35N. The molecule has 0 aliphatic rings. The van der Waals surface area contributed by atoms with Gasteiger partial charge in [0, 0.05) is 12.1 Å². The zero-order valence-electron chi connectivity index (χ0n) is 15.6. The zero-order chi connectivity index (χ0) is 16.9. The van der Waals surface area contributed by atoms with Crippen LogP contribution >= 0.6 is 0 Å². The summed E-state index contributed by atoms with van der Waals surface area (Å²) in [5, 5.41) is 0. The third-order valence-electron chi connectivity index (χ3n) is 4.57. The molecule has 0 aromatic heterocycles. The van der Waals surface area contributed by atoms with Crippen molar-refractivity contribution in [2.45, 2.75) is 79.1 Å². The summed E-state index contributed by atoms with van der Waals surface area (Å²) >= 11 is 0. The fourth-order valence-corrected chi connectivity index (χ4v) is 2.94. The first kappa shape index (κ1) is 19.7. The van der Waals surface area contributed by atoms with Gasteiger partial charge in [-0.25, -0.2) is 0 Å². The number of aliphatic imine (C=N–C) groups is 1. The van der Waals surface area contributed by atoms with Crippen molar-refractivity contribution in [3.05, 3.63) is 41.5 Å². The Bertz CT molecular complexity index is 467. The molecule has 0 aliphatic heterocycles. The van der Waals surface area contributed by atoms with E-state index in [0.717, 1.165) is 12.1 Å². The highest BCUT2D eigenvalue weighted by Gasteiger charge is 2.02. The average Bonchev–Trinajstić information content (AvgIpc) is 2.58. The first-order valence-corrected chi connectivity index (χ1v) is 9.49.